The molecule has 0 aromatic heterocycles. The van der Waals surface area contributed by atoms with Crippen LogP contribution in [0.4, 0.5) is 0 Å². The van der Waals surface area contributed by atoms with E-state index >= 15 is 0 Å². The Labute approximate surface area is 386 Å². The summed E-state index contributed by atoms with van der Waals surface area (Å²) in [6.07, 6.45) is 8.92. The Hall–Kier alpha value is -3.07. The van der Waals surface area contributed by atoms with Crippen molar-refractivity contribution in [1.29, 1.82) is 0 Å². The molecule has 2 saturated heterocycles. The molecule has 2 heterocycles. The molecule has 1 amide bonds. The average Bonchev–Trinajstić information content (AvgIpc) is 3.22. The number of carbonyl (C=O) groups is 5. The molecule has 14 heteroatoms. The van der Waals surface area contributed by atoms with Gasteiger partial charge in [-0.1, -0.05) is 61.0 Å². The Balaban J connectivity index is 1.77. The van der Waals surface area contributed by atoms with Gasteiger partial charge in [-0.25, -0.2) is 0 Å². The molecule has 14 nitrogen and oxygen atoms in total. The third-order valence-electron chi connectivity index (χ3n) is 13.1. The Bertz CT molecular complexity index is 1420. The normalized spacial score (nSPS) is 26.4. The monoisotopic (exact) mass is 909 g/mol. The van der Waals surface area contributed by atoms with Crippen molar-refractivity contribution < 1.29 is 57.1 Å². The summed E-state index contributed by atoms with van der Waals surface area (Å²) in [5.74, 6) is 0.599. The Morgan fingerprint density at radius 2 is 1.08 bits per heavy atom. The zero-order chi connectivity index (χ0) is 47.8. The summed E-state index contributed by atoms with van der Waals surface area (Å²) in [7, 11) is 0. The van der Waals surface area contributed by atoms with Crippen LogP contribution in [0, 0.1) is 35.5 Å². The molecular weight excluding hydrogens is 821 g/mol. The van der Waals surface area contributed by atoms with Gasteiger partial charge in [0.15, 0.2) is 18.4 Å². The molecule has 11 atom stereocenters. The molecule has 0 spiro atoms. The van der Waals surface area contributed by atoms with E-state index in [2.05, 4.69) is 58.8 Å². The fourth-order valence-electron chi connectivity index (χ4n) is 8.26. The number of unbranched alkanes of at least 4 members (excludes halogenated alkanes) is 6. The van der Waals surface area contributed by atoms with Crippen molar-refractivity contribution in [2.24, 2.45) is 35.5 Å². The van der Waals surface area contributed by atoms with Crippen LogP contribution in [0.5, 0.6) is 0 Å². The number of Topliss-reactive ketones (excluding diaryl/α,β-unsaturated/α-hetero) is 1. The highest BCUT2D eigenvalue weighted by atomic mass is 16.7. The minimum Gasteiger partial charge on any atom is -0.463 e. The van der Waals surface area contributed by atoms with Crippen LogP contribution < -0.4 is 10.6 Å². The summed E-state index contributed by atoms with van der Waals surface area (Å²) >= 11 is 0. The van der Waals surface area contributed by atoms with Crippen molar-refractivity contribution in [1.82, 2.24) is 10.6 Å². The molecule has 2 aliphatic rings. The van der Waals surface area contributed by atoms with Gasteiger partial charge in [0.05, 0.1) is 18.2 Å². The van der Waals surface area contributed by atoms with Gasteiger partial charge in [-0.2, -0.15) is 0 Å². The van der Waals surface area contributed by atoms with E-state index in [0.29, 0.717) is 70.0 Å². The molecule has 0 radical (unpaired) electrons. The molecule has 0 bridgehead atoms. The van der Waals surface area contributed by atoms with Crippen molar-refractivity contribution in [2.75, 3.05) is 33.0 Å². The molecule has 370 valence electrons. The van der Waals surface area contributed by atoms with E-state index in [1.807, 2.05) is 20.8 Å². The van der Waals surface area contributed by atoms with Crippen LogP contribution in [0.3, 0.4) is 0 Å². The predicted molar refractivity (Wildman–Crippen MR) is 247 cm³/mol. The van der Waals surface area contributed by atoms with E-state index in [0.717, 1.165) is 57.2 Å². The number of carbonyl (C=O) groups excluding carboxylic acids is 5. The number of hydrogen-bond donors (Lipinski definition) is 2. The van der Waals surface area contributed by atoms with Crippen LogP contribution in [-0.4, -0.2) is 99.0 Å². The second-order valence-electron chi connectivity index (χ2n) is 19.6. The summed E-state index contributed by atoms with van der Waals surface area (Å²) in [4.78, 5) is 61.4. The third kappa shape index (κ3) is 22.9. The molecule has 0 aromatic rings. The van der Waals surface area contributed by atoms with Crippen LogP contribution in [0.1, 0.15) is 172 Å². The molecule has 11 unspecified atom stereocenters. The van der Waals surface area contributed by atoms with Gasteiger partial charge in [-0.3, -0.25) is 24.0 Å². The highest BCUT2D eigenvalue weighted by molar-refractivity contribution is 5.89. The van der Waals surface area contributed by atoms with E-state index < -0.39 is 17.9 Å². The molecule has 0 aliphatic carbocycles. The topological polar surface area (TPSA) is 174 Å². The maximum absolute atomic E-state index is 13.5. The lowest BCUT2D eigenvalue weighted by Gasteiger charge is -2.43. The Morgan fingerprint density at radius 1 is 0.594 bits per heavy atom. The molecule has 2 N–H and O–H groups in total. The van der Waals surface area contributed by atoms with Crippen molar-refractivity contribution in [2.45, 2.75) is 209 Å². The first-order valence-electron chi connectivity index (χ1n) is 24.5. The Kier molecular flexibility index (Phi) is 27.0. The van der Waals surface area contributed by atoms with Crippen molar-refractivity contribution in [3.8, 4) is 0 Å². The second-order valence-corrected chi connectivity index (χ2v) is 19.6. The lowest BCUT2D eigenvalue weighted by atomic mass is 9.79. The fourth-order valence-corrected chi connectivity index (χ4v) is 8.26. The van der Waals surface area contributed by atoms with Gasteiger partial charge in [0.25, 0.3) is 0 Å². The number of nitrogens with one attached hydrogen (secondary N) is 2. The SMILES string of the molecule is C=C(CCCCOC1OC(COC(C)=O)C(C)C(C)C1C)NCCCCC(NC(=O)CCCCOC1OC(COC(C)=O)C(C)C(C)C1C)C(=O)CCCCCCC(=O)OC(C)(C)C. The predicted octanol–water partition coefficient (Wildman–Crippen LogP) is 8.76. The molecule has 2 rings (SSSR count). The summed E-state index contributed by atoms with van der Waals surface area (Å²) < 4.78 is 40.5. The van der Waals surface area contributed by atoms with Gasteiger partial charge in [0, 0.05) is 70.4 Å². The molecule has 0 saturated carbocycles. The smallest absolute Gasteiger partial charge is 0.306 e. The minimum atomic E-state index is -0.554. The van der Waals surface area contributed by atoms with E-state index in [4.69, 9.17) is 33.2 Å². The molecular formula is C50H88N2O12. The van der Waals surface area contributed by atoms with Gasteiger partial charge in [0.1, 0.15) is 18.8 Å². The quantitative estimate of drug-likeness (QED) is 0.0384. The van der Waals surface area contributed by atoms with Gasteiger partial charge in [-0.15, -0.1) is 0 Å². The summed E-state index contributed by atoms with van der Waals surface area (Å²) in [6.45, 7) is 27.6. The molecule has 2 aliphatic heterocycles. The first-order valence-corrected chi connectivity index (χ1v) is 24.5. The zero-order valence-corrected chi connectivity index (χ0v) is 41.6. The van der Waals surface area contributed by atoms with Crippen LogP contribution in [0.15, 0.2) is 12.3 Å². The van der Waals surface area contributed by atoms with Crippen LogP contribution in [0.2, 0.25) is 0 Å². The zero-order valence-electron chi connectivity index (χ0n) is 41.6. The van der Waals surface area contributed by atoms with Crippen molar-refractivity contribution in [3.63, 3.8) is 0 Å². The lowest BCUT2D eigenvalue weighted by Crippen LogP contribution is -2.47. The van der Waals surface area contributed by atoms with Crippen molar-refractivity contribution in [3.05, 3.63) is 12.3 Å². The van der Waals surface area contributed by atoms with Gasteiger partial charge in [0.2, 0.25) is 5.91 Å². The largest absolute Gasteiger partial charge is 0.463 e. The maximum Gasteiger partial charge on any atom is 0.306 e. The molecule has 64 heavy (non-hydrogen) atoms. The summed E-state index contributed by atoms with van der Waals surface area (Å²) in [6, 6.07) is -0.554. The van der Waals surface area contributed by atoms with Gasteiger partial charge < -0.3 is 43.8 Å². The van der Waals surface area contributed by atoms with E-state index in [9.17, 15) is 24.0 Å². The molecule has 0 aromatic carbocycles. The minimum absolute atomic E-state index is 0.0374. The summed E-state index contributed by atoms with van der Waals surface area (Å²) in [5, 5.41) is 6.46. The van der Waals surface area contributed by atoms with Crippen LogP contribution >= 0.6 is 0 Å². The fraction of sp³-hybridized carbons (Fsp3) is 0.860. The summed E-state index contributed by atoms with van der Waals surface area (Å²) in [5.41, 5.74) is 0.456. The van der Waals surface area contributed by atoms with Crippen LogP contribution in [0.25, 0.3) is 0 Å². The number of rotatable bonds is 31. The number of ketones is 1. The maximum atomic E-state index is 13.5. The number of hydrogen-bond acceptors (Lipinski definition) is 13. The highest BCUT2D eigenvalue weighted by Crippen LogP contribution is 2.37. The number of esters is 3. The Morgan fingerprint density at radius 3 is 1.58 bits per heavy atom. The second kappa shape index (κ2) is 30.3. The molecule has 2 fully saturated rings. The van der Waals surface area contributed by atoms with Crippen LogP contribution in [-0.2, 0) is 57.1 Å². The van der Waals surface area contributed by atoms with Gasteiger partial charge >= 0.3 is 17.9 Å². The van der Waals surface area contributed by atoms with E-state index in [1.165, 1.54) is 13.8 Å². The van der Waals surface area contributed by atoms with E-state index in [1.54, 1.807) is 0 Å². The average molecular weight is 909 g/mol. The lowest BCUT2D eigenvalue weighted by molar-refractivity contribution is -0.255. The first kappa shape index (κ1) is 57.1. The first-order chi connectivity index (χ1) is 30.2. The highest BCUT2D eigenvalue weighted by Gasteiger charge is 2.41. The number of ether oxygens (including phenoxy) is 7. The third-order valence-corrected chi connectivity index (χ3v) is 13.1. The standard InChI is InChI=1S/C50H88N2O12/c1-33(23-18-21-29-58-48-38(6)34(2)36(4)44(62-48)31-60-40(8)53)51-28-20-17-24-42(43(55)25-15-13-14-16-27-47(57)64-50(10,11)12)52-46(56)26-19-22-30-59-49-39(7)35(3)37(5)45(63-49)32-61-41(9)54/h34-39,42,44-45,48-49,51H,1,13-32H2,2-12H3,(H,52,56). The van der Waals surface area contributed by atoms with Gasteiger partial charge in [-0.05, 0) is 109 Å². The number of amides is 1. The number of allylic oxidation sites excluding steroid dienone is 1. The van der Waals surface area contributed by atoms with Crippen molar-refractivity contribution >= 4 is 29.6 Å². The van der Waals surface area contributed by atoms with E-state index in [-0.39, 0.29) is 91.4 Å².